The second-order valence-corrected chi connectivity index (χ2v) is 7.51. The quantitative estimate of drug-likeness (QED) is 0.680. The number of thiophene rings is 1. The van der Waals surface area contributed by atoms with Gasteiger partial charge in [0.2, 0.25) is 10.0 Å². The molecule has 0 aliphatic carbocycles. The maximum absolute atomic E-state index is 12.0. The van der Waals surface area contributed by atoms with Crippen LogP contribution in [0, 0.1) is 0 Å². The molecule has 0 aliphatic rings. The molecule has 5 nitrogen and oxygen atoms in total. The summed E-state index contributed by atoms with van der Waals surface area (Å²) in [7, 11) is -3.40. The standard InChI is InChI=1S/C12H22N2O3S2/c1-4-17-8-7-14-19(15,16)12-6-5-11(18-12)9-13-10(2)3/h5-6,10,13-14H,4,7-9H2,1-3H3. The first kappa shape index (κ1) is 16.6. The van der Waals surface area contributed by atoms with Crippen LogP contribution in [0.25, 0.3) is 0 Å². The zero-order valence-corrected chi connectivity index (χ0v) is 13.2. The van der Waals surface area contributed by atoms with E-state index in [0.29, 0.717) is 36.6 Å². The monoisotopic (exact) mass is 306 g/mol. The summed E-state index contributed by atoms with van der Waals surface area (Å²) in [5, 5.41) is 3.26. The Labute approximate surface area is 119 Å². The largest absolute Gasteiger partial charge is 0.380 e. The summed E-state index contributed by atoms with van der Waals surface area (Å²) >= 11 is 1.29. The Morgan fingerprint density at radius 2 is 2.11 bits per heavy atom. The topological polar surface area (TPSA) is 67.4 Å². The molecular weight excluding hydrogens is 284 g/mol. The lowest BCUT2D eigenvalue weighted by Gasteiger charge is -2.06. The molecule has 1 aromatic rings. The molecule has 0 spiro atoms. The molecule has 0 bridgehead atoms. The molecule has 110 valence electrons. The van der Waals surface area contributed by atoms with Gasteiger partial charge in [0.1, 0.15) is 4.21 Å². The van der Waals surface area contributed by atoms with Crippen molar-refractivity contribution >= 4 is 21.4 Å². The fourth-order valence-electron chi connectivity index (χ4n) is 1.37. The first-order chi connectivity index (χ1) is 8.95. The van der Waals surface area contributed by atoms with Gasteiger partial charge in [0, 0.05) is 30.6 Å². The number of ether oxygens (including phenoxy) is 1. The van der Waals surface area contributed by atoms with E-state index in [2.05, 4.69) is 23.9 Å². The van der Waals surface area contributed by atoms with Crippen LogP contribution >= 0.6 is 11.3 Å². The lowest BCUT2D eigenvalue weighted by molar-refractivity contribution is 0.153. The third-order valence-corrected chi connectivity index (χ3v) is 5.37. The molecule has 0 saturated carbocycles. The van der Waals surface area contributed by atoms with E-state index in [1.54, 1.807) is 6.07 Å². The van der Waals surface area contributed by atoms with E-state index in [-0.39, 0.29) is 0 Å². The number of hydrogen-bond donors (Lipinski definition) is 2. The van der Waals surface area contributed by atoms with Crippen molar-refractivity contribution in [3.05, 3.63) is 17.0 Å². The lowest BCUT2D eigenvalue weighted by atomic mass is 10.4. The molecule has 7 heteroatoms. The number of rotatable bonds is 9. The smallest absolute Gasteiger partial charge is 0.250 e. The van der Waals surface area contributed by atoms with Gasteiger partial charge < -0.3 is 10.1 Å². The minimum Gasteiger partial charge on any atom is -0.380 e. The van der Waals surface area contributed by atoms with Gasteiger partial charge in [-0.15, -0.1) is 11.3 Å². The molecule has 0 saturated heterocycles. The van der Waals surface area contributed by atoms with E-state index < -0.39 is 10.0 Å². The Morgan fingerprint density at radius 1 is 1.37 bits per heavy atom. The third kappa shape index (κ3) is 6.01. The van der Waals surface area contributed by atoms with Crippen LogP contribution in [0.1, 0.15) is 25.6 Å². The molecule has 1 rings (SSSR count). The predicted molar refractivity (Wildman–Crippen MR) is 78.0 cm³/mol. The van der Waals surface area contributed by atoms with Gasteiger partial charge in [0.15, 0.2) is 0 Å². The molecule has 0 radical (unpaired) electrons. The average Bonchev–Trinajstić information content (AvgIpc) is 2.82. The fraction of sp³-hybridized carbons (Fsp3) is 0.667. The van der Waals surface area contributed by atoms with Crippen LogP contribution in [0.3, 0.4) is 0 Å². The molecule has 0 aromatic carbocycles. The van der Waals surface area contributed by atoms with Crippen molar-refractivity contribution in [2.24, 2.45) is 0 Å². The van der Waals surface area contributed by atoms with Gasteiger partial charge in [-0.3, -0.25) is 0 Å². The summed E-state index contributed by atoms with van der Waals surface area (Å²) in [6, 6.07) is 3.87. The molecule has 19 heavy (non-hydrogen) atoms. The van der Waals surface area contributed by atoms with E-state index >= 15 is 0 Å². The Balaban J connectivity index is 2.53. The third-order valence-electron chi connectivity index (χ3n) is 2.33. The van der Waals surface area contributed by atoms with Gasteiger partial charge >= 0.3 is 0 Å². The molecular formula is C12H22N2O3S2. The molecule has 0 atom stereocenters. The van der Waals surface area contributed by atoms with Crippen molar-refractivity contribution in [1.82, 2.24) is 10.0 Å². The van der Waals surface area contributed by atoms with E-state index in [9.17, 15) is 8.42 Å². The highest BCUT2D eigenvalue weighted by atomic mass is 32.2. The van der Waals surface area contributed by atoms with Crippen LogP contribution < -0.4 is 10.0 Å². The van der Waals surface area contributed by atoms with Crippen molar-refractivity contribution in [2.75, 3.05) is 19.8 Å². The van der Waals surface area contributed by atoms with Crippen LogP contribution in [0.15, 0.2) is 16.3 Å². The summed E-state index contributed by atoms with van der Waals surface area (Å²) in [5.74, 6) is 0. The van der Waals surface area contributed by atoms with Crippen LogP contribution in [-0.2, 0) is 21.3 Å². The van der Waals surface area contributed by atoms with E-state index in [4.69, 9.17) is 4.74 Å². The normalized spacial score (nSPS) is 12.2. The van der Waals surface area contributed by atoms with Crippen molar-refractivity contribution in [3.63, 3.8) is 0 Å². The van der Waals surface area contributed by atoms with Gasteiger partial charge in [-0.2, -0.15) is 0 Å². The predicted octanol–water partition coefficient (Wildman–Crippen LogP) is 1.56. The van der Waals surface area contributed by atoms with Crippen molar-refractivity contribution < 1.29 is 13.2 Å². The van der Waals surface area contributed by atoms with Crippen molar-refractivity contribution in [3.8, 4) is 0 Å². The SMILES string of the molecule is CCOCCNS(=O)(=O)c1ccc(CNC(C)C)s1. The van der Waals surface area contributed by atoms with Crippen LogP contribution in [0.2, 0.25) is 0 Å². The molecule has 1 heterocycles. The first-order valence-corrected chi connectivity index (χ1v) is 8.65. The number of hydrogen-bond acceptors (Lipinski definition) is 5. The highest BCUT2D eigenvalue weighted by molar-refractivity contribution is 7.91. The second kappa shape index (κ2) is 7.96. The summed E-state index contributed by atoms with van der Waals surface area (Å²) < 4.78 is 31.9. The van der Waals surface area contributed by atoms with Gasteiger partial charge in [0.25, 0.3) is 0 Å². The van der Waals surface area contributed by atoms with E-state index in [0.717, 1.165) is 4.88 Å². The maximum atomic E-state index is 12.0. The van der Waals surface area contributed by atoms with Gasteiger partial charge in [-0.1, -0.05) is 13.8 Å². The van der Waals surface area contributed by atoms with Crippen LogP contribution in [0.5, 0.6) is 0 Å². The Morgan fingerprint density at radius 3 is 2.74 bits per heavy atom. The van der Waals surface area contributed by atoms with Gasteiger partial charge in [-0.05, 0) is 19.1 Å². The minimum atomic E-state index is -3.40. The zero-order valence-electron chi connectivity index (χ0n) is 11.6. The van der Waals surface area contributed by atoms with Crippen molar-refractivity contribution in [2.45, 2.75) is 37.6 Å². The molecule has 0 amide bonds. The second-order valence-electron chi connectivity index (χ2n) is 4.35. The zero-order chi connectivity index (χ0) is 14.3. The summed E-state index contributed by atoms with van der Waals surface area (Å²) in [6.45, 7) is 7.96. The lowest BCUT2D eigenvalue weighted by Crippen LogP contribution is -2.26. The molecule has 0 fully saturated rings. The van der Waals surface area contributed by atoms with Gasteiger partial charge in [0.05, 0.1) is 6.61 Å². The highest BCUT2D eigenvalue weighted by Gasteiger charge is 2.16. The van der Waals surface area contributed by atoms with Gasteiger partial charge in [-0.25, -0.2) is 13.1 Å². The minimum absolute atomic E-state index is 0.299. The molecule has 1 aromatic heterocycles. The van der Waals surface area contributed by atoms with E-state index in [1.807, 2.05) is 13.0 Å². The summed E-state index contributed by atoms with van der Waals surface area (Å²) in [6.07, 6.45) is 0. The highest BCUT2D eigenvalue weighted by Crippen LogP contribution is 2.21. The number of nitrogens with one attached hydrogen (secondary N) is 2. The van der Waals surface area contributed by atoms with Crippen LogP contribution in [-0.4, -0.2) is 34.2 Å². The Bertz CT molecular complexity index is 469. The summed E-state index contributed by atoms with van der Waals surface area (Å²) in [4.78, 5) is 1.01. The fourth-order valence-corrected chi connectivity index (χ4v) is 3.73. The maximum Gasteiger partial charge on any atom is 0.250 e. The molecule has 2 N–H and O–H groups in total. The summed E-state index contributed by atoms with van der Waals surface area (Å²) in [5.41, 5.74) is 0. The Kier molecular flexibility index (Phi) is 6.95. The van der Waals surface area contributed by atoms with Crippen molar-refractivity contribution in [1.29, 1.82) is 0 Å². The molecule has 0 unspecified atom stereocenters. The van der Waals surface area contributed by atoms with E-state index in [1.165, 1.54) is 11.3 Å². The average molecular weight is 306 g/mol. The number of sulfonamides is 1. The first-order valence-electron chi connectivity index (χ1n) is 6.35. The molecule has 0 aliphatic heterocycles. The Hall–Kier alpha value is -0.470. The van der Waals surface area contributed by atoms with Crippen LogP contribution in [0.4, 0.5) is 0 Å².